The van der Waals surface area contributed by atoms with Crippen LogP contribution in [0.2, 0.25) is 5.02 Å². The van der Waals surface area contributed by atoms with Crippen LogP contribution in [0, 0.1) is 6.92 Å². The van der Waals surface area contributed by atoms with E-state index in [1.807, 2.05) is 37.3 Å². The summed E-state index contributed by atoms with van der Waals surface area (Å²) in [6.07, 6.45) is 1.47. The Morgan fingerprint density at radius 2 is 1.92 bits per heavy atom. The highest BCUT2D eigenvalue weighted by atomic mass is 35.5. The van der Waals surface area contributed by atoms with Crippen LogP contribution in [0.3, 0.4) is 0 Å². The van der Waals surface area contributed by atoms with Gasteiger partial charge in [-0.3, -0.25) is 4.79 Å². The molecule has 1 heterocycles. The highest BCUT2D eigenvalue weighted by Gasteiger charge is 2.05. The quantitative estimate of drug-likeness (QED) is 0.555. The fourth-order valence-corrected chi connectivity index (χ4v) is 2.32. The number of furan rings is 1. The first-order valence-corrected chi connectivity index (χ1v) is 7.75. The fourth-order valence-electron chi connectivity index (χ4n) is 2.20. The molecule has 24 heavy (non-hydrogen) atoms. The topological polar surface area (TPSA) is 54.6 Å². The second-order valence-corrected chi connectivity index (χ2v) is 5.71. The number of hydrazone groups is 1. The fraction of sp³-hybridized carbons (Fsp3) is 0.0526. The molecule has 0 aliphatic heterocycles. The van der Waals surface area contributed by atoms with E-state index in [1.165, 1.54) is 6.21 Å². The van der Waals surface area contributed by atoms with Crippen molar-refractivity contribution in [1.29, 1.82) is 0 Å². The Balaban J connectivity index is 1.65. The first kappa shape index (κ1) is 16.0. The average Bonchev–Trinajstić information content (AvgIpc) is 3.04. The van der Waals surface area contributed by atoms with Gasteiger partial charge in [0.25, 0.3) is 5.91 Å². The third-order valence-corrected chi connectivity index (χ3v) is 3.65. The van der Waals surface area contributed by atoms with Crippen LogP contribution in [-0.4, -0.2) is 12.1 Å². The first-order chi connectivity index (χ1) is 11.6. The van der Waals surface area contributed by atoms with Crippen molar-refractivity contribution in [2.45, 2.75) is 6.92 Å². The molecule has 0 spiro atoms. The molecule has 0 saturated heterocycles. The zero-order valence-corrected chi connectivity index (χ0v) is 13.7. The van der Waals surface area contributed by atoms with Gasteiger partial charge < -0.3 is 4.42 Å². The molecule has 0 bridgehead atoms. The van der Waals surface area contributed by atoms with E-state index < -0.39 is 0 Å². The second-order valence-electron chi connectivity index (χ2n) is 5.28. The number of benzene rings is 2. The molecule has 5 heteroatoms. The van der Waals surface area contributed by atoms with E-state index in [0.29, 0.717) is 22.1 Å². The molecule has 4 nitrogen and oxygen atoms in total. The van der Waals surface area contributed by atoms with Crippen molar-refractivity contribution in [2.75, 3.05) is 0 Å². The lowest BCUT2D eigenvalue weighted by molar-refractivity contribution is 0.0955. The van der Waals surface area contributed by atoms with E-state index in [2.05, 4.69) is 10.5 Å². The molecule has 0 unspecified atom stereocenters. The van der Waals surface area contributed by atoms with E-state index in [0.717, 1.165) is 11.1 Å². The number of aryl methyl sites for hydroxylation is 1. The van der Waals surface area contributed by atoms with Crippen LogP contribution in [0.25, 0.3) is 11.3 Å². The third kappa shape index (κ3) is 3.91. The molecule has 2 aromatic carbocycles. The number of carbonyl (C=O) groups excluding carboxylic acids is 1. The van der Waals surface area contributed by atoms with Gasteiger partial charge in [-0.15, -0.1) is 0 Å². The Labute approximate surface area is 144 Å². The smallest absolute Gasteiger partial charge is 0.271 e. The Morgan fingerprint density at radius 3 is 2.67 bits per heavy atom. The Hall–Kier alpha value is -2.85. The van der Waals surface area contributed by atoms with Crippen LogP contribution in [0.15, 0.2) is 70.2 Å². The van der Waals surface area contributed by atoms with Gasteiger partial charge in [0, 0.05) is 16.1 Å². The number of hydrogen-bond acceptors (Lipinski definition) is 3. The lowest BCUT2D eigenvalue weighted by atomic mass is 10.1. The van der Waals surface area contributed by atoms with Crippen molar-refractivity contribution < 1.29 is 9.21 Å². The van der Waals surface area contributed by atoms with E-state index in [4.69, 9.17) is 16.0 Å². The highest BCUT2D eigenvalue weighted by molar-refractivity contribution is 6.30. The van der Waals surface area contributed by atoms with Crippen LogP contribution < -0.4 is 5.43 Å². The summed E-state index contributed by atoms with van der Waals surface area (Å²) in [5.74, 6) is 0.988. The highest BCUT2D eigenvalue weighted by Crippen LogP contribution is 2.23. The van der Waals surface area contributed by atoms with Gasteiger partial charge in [0.05, 0.1) is 6.21 Å². The van der Waals surface area contributed by atoms with Gasteiger partial charge in [0.2, 0.25) is 0 Å². The van der Waals surface area contributed by atoms with Crippen LogP contribution in [-0.2, 0) is 0 Å². The molecule has 0 fully saturated rings. The largest absolute Gasteiger partial charge is 0.455 e. The summed E-state index contributed by atoms with van der Waals surface area (Å²) in [6, 6.07) is 18.3. The number of rotatable bonds is 4. The van der Waals surface area contributed by atoms with Gasteiger partial charge >= 0.3 is 0 Å². The summed E-state index contributed by atoms with van der Waals surface area (Å²) in [5, 5.41) is 4.60. The molecule has 3 aromatic rings. The monoisotopic (exact) mass is 338 g/mol. The molecule has 0 atom stereocenters. The zero-order chi connectivity index (χ0) is 16.9. The van der Waals surface area contributed by atoms with Gasteiger partial charge in [0.1, 0.15) is 11.5 Å². The van der Waals surface area contributed by atoms with Crippen molar-refractivity contribution in [2.24, 2.45) is 5.10 Å². The van der Waals surface area contributed by atoms with E-state index in [9.17, 15) is 4.79 Å². The van der Waals surface area contributed by atoms with Gasteiger partial charge in [-0.1, -0.05) is 29.3 Å². The standard InChI is InChI=1S/C19H15ClN2O2/c1-13-3-2-4-15(11-13)19(23)22-21-12-17-9-10-18(24-17)14-5-7-16(20)8-6-14/h2-12H,1H3,(H,22,23)/b21-12+. The molecule has 1 amide bonds. The van der Waals surface area contributed by atoms with Crippen LogP contribution in [0.1, 0.15) is 21.7 Å². The van der Waals surface area contributed by atoms with Crippen molar-refractivity contribution in [3.63, 3.8) is 0 Å². The van der Waals surface area contributed by atoms with Crippen molar-refractivity contribution in [3.8, 4) is 11.3 Å². The van der Waals surface area contributed by atoms with Crippen LogP contribution in [0.4, 0.5) is 0 Å². The molecule has 0 saturated carbocycles. The number of nitrogens with one attached hydrogen (secondary N) is 1. The number of hydrogen-bond donors (Lipinski definition) is 1. The molecule has 0 aliphatic rings. The number of nitrogens with zero attached hydrogens (tertiary/aromatic N) is 1. The number of halogens is 1. The maximum Gasteiger partial charge on any atom is 0.271 e. The summed E-state index contributed by atoms with van der Waals surface area (Å²) < 4.78 is 5.67. The molecule has 0 aliphatic carbocycles. The summed E-state index contributed by atoms with van der Waals surface area (Å²) in [5.41, 5.74) is 4.99. The maximum absolute atomic E-state index is 12.0. The average molecular weight is 339 g/mol. The maximum atomic E-state index is 12.0. The number of carbonyl (C=O) groups is 1. The Bertz CT molecular complexity index is 882. The SMILES string of the molecule is Cc1cccc(C(=O)N/N=C/c2ccc(-c3ccc(Cl)cc3)o2)c1. The number of amides is 1. The van der Waals surface area contributed by atoms with Crippen molar-refractivity contribution in [1.82, 2.24) is 5.43 Å². The third-order valence-electron chi connectivity index (χ3n) is 3.39. The first-order valence-electron chi connectivity index (χ1n) is 7.38. The summed E-state index contributed by atoms with van der Waals surface area (Å²) in [6.45, 7) is 1.93. The van der Waals surface area contributed by atoms with Crippen molar-refractivity contribution in [3.05, 3.63) is 82.6 Å². The van der Waals surface area contributed by atoms with Crippen LogP contribution in [0.5, 0.6) is 0 Å². The lowest BCUT2D eigenvalue weighted by Gasteiger charge is -2.00. The summed E-state index contributed by atoms with van der Waals surface area (Å²) in [7, 11) is 0. The van der Waals surface area contributed by atoms with E-state index in [-0.39, 0.29) is 5.91 Å². The van der Waals surface area contributed by atoms with E-state index in [1.54, 1.807) is 30.3 Å². The second kappa shape index (κ2) is 7.15. The zero-order valence-electron chi connectivity index (χ0n) is 13.0. The molecule has 0 radical (unpaired) electrons. The summed E-state index contributed by atoms with van der Waals surface area (Å²) >= 11 is 5.87. The molecule has 1 N–H and O–H groups in total. The Kier molecular flexibility index (Phi) is 4.77. The molecule has 3 rings (SSSR count). The lowest BCUT2D eigenvalue weighted by Crippen LogP contribution is -2.17. The molecular weight excluding hydrogens is 324 g/mol. The van der Waals surface area contributed by atoms with Crippen LogP contribution >= 0.6 is 11.6 Å². The Morgan fingerprint density at radius 1 is 1.12 bits per heavy atom. The minimum absolute atomic E-state index is 0.264. The van der Waals surface area contributed by atoms with Crippen molar-refractivity contribution >= 4 is 23.7 Å². The summed E-state index contributed by atoms with van der Waals surface area (Å²) in [4.78, 5) is 12.0. The van der Waals surface area contributed by atoms with Gasteiger partial charge in [-0.25, -0.2) is 5.43 Å². The van der Waals surface area contributed by atoms with Gasteiger partial charge in [0.15, 0.2) is 0 Å². The minimum Gasteiger partial charge on any atom is -0.455 e. The van der Waals surface area contributed by atoms with Gasteiger partial charge in [-0.05, 0) is 55.5 Å². The minimum atomic E-state index is -0.264. The predicted octanol–water partition coefficient (Wildman–Crippen LogP) is 4.67. The molecule has 120 valence electrons. The normalized spacial score (nSPS) is 10.9. The molecular formula is C19H15ClN2O2. The van der Waals surface area contributed by atoms with Gasteiger partial charge in [-0.2, -0.15) is 5.10 Å². The predicted molar refractivity (Wildman–Crippen MR) is 95.4 cm³/mol. The van der Waals surface area contributed by atoms with E-state index >= 15 is 0 Å². The molecule has 1 aromatic heterocycles.